The fraction of sp³-hybridized carbons (Fsp3) is 0.931. The molecule has 0 aliphatic carbocycles. The van der Waals surface area contributed by atoms with Gasteiger partial charge >= 0.3 is 0 Å². The Balaban J connectivity index is 1.44. The maximum atomic E-state index is 11.5. The number of hydrogen-bond donors (Lipinski definition) is 8. The van der Waals surface area contributed by atoms with Gasteiger partial charge in [0.2, 0.25) is 11.8 Å². The molecule has 0 spiro atoms. The molecule has 2 aliphatic heterocycles. The third-order valence-electron chi connectivity index (χ3n) is 7.50. The van der Waals surface area contributed by atoms with Gasteiger partial charge in [-0.05, 0) is 7.05 Å². The Kier molecular flexibility index (Phi) is 21.0. The summed E-state index contributed by atoms with van der Waals surface area (Å²) in [4.78, 5) is 25.0. The third-order valence-corrected chi connectivity index (χ3v) is 7.50. The van der Waals surface area contributed by atoms with Gasteiger partial charge in [0.25, 0.3) is 0 Å². The van der Waals surface area contributed by atoms with E-state index in [0.29, 0.717) is 52.7 Å². The van der Waals surface area contributed by atoms with Crippen molar-refractivity contribution < 1.29 is 78.1 Å². The highest BCUT2D eigenvalue weighted by Gasteiger charge is 2.46. The van der Waals surface area contributed by atoms with Gasteiger partial charge in [0.1, 0.15) is 48.7 Å². The number of aliphatic hydroxyl groups is 6. The average Bonchev–Trinajstić information content (AvgIpc) is 3.05. The summed E-state index contributed by atoms with van der Waals surface area (Å²) >= 11 is 0. The van der Waals surface area contributed by atoms with Gasteiger partial charge in [-0.1, -0.05) is 0 Å². The highest BCUT2D eigenvalue weighted by molar-refractivity contribution is 5.73. The Morgan fingerprint density at radius 3 is 1.25 bits per heavy atom. The molecule has 2 amide bonds. The number of aliphatic hydroxyl groups excluding tert-OH is 6. The molecule has 19 heteroatoms. The molecule has 2 rings (SSSR count). The van der Waals surface area contributed by atoms with Crippen LogP contribution in [0.15, 0.2) is 0 Å². The number of carbonyl (C=O) groups is 2. The summed E-state index contributed by atoms with van der Waals surface area (Å²) < 4.78 is 44.3. The van der Waals surface area contributed by atoms with Crippen LogP contribution in [-0.4, -0.2) is 208 Å². The van der Waals surface area contributed by atoms with E-state index in [2.05, 4.69) is 10.6 Å². The van der Waals surface area contributed by atoms with E-state index < -0.39 is 86.3 Å². The molecule has 8 N–H and O–H groups in total. The van der Waals surface area contributed by atoms with Crippen LogP contribution in [-0.2, 0) is 47.5 Å². The van der Waals surface area contributed by atoms with Crippen molar-refractivity contribution in [3.63, 3.8) is 0 Å². The lowest BCUT2D eigenvalue weighted by molar-refractivity contribution is -0.272. The molecular weight excluding hydrogens is 646 g/mol. The van der Waals surface area contributed by atoms with E-state index in [1.165, 1.54) is 13.8 Å². The summed E-state index contributed by atoms with van der Waals surface area (Å²) in [6.07, 6.45) is -9.73. The molecule has 0 aromatic carbocycles. The van der Waals surface area contributed by atoms with Crippen LogP contribution in [0.1, 0.15) is 13.8 Å². The number of ether oxygens (including phenoxy) is 8. The molecule has 4 unspecified atom stereocenters. The first-order chi connectivity index (χ1) is 23.0. The molecule has 10 atom stereocenters. The summed E-state index contributed by atoms with van der Waals surface area (Å²) in [6, 6.07) is -2.01. The Morgan fingerprint density at radius 1 is 0.583 bits per heavy atom. The lowest BCUT2D eigenvalue weighted by Gasteiger charge is -2.42. The van der Waals surface area contributed by atoms with Crippen LogP contribution in [0.3, 0.4) is 0 Å². The second kappa shape index (κ2) is 23.7. The van der Waals surface area contributed by atoms with Crippen LogP contribution in [0.4, 0.5) is 0 Å². The number of likely N-dealkylation sites (N-methyl/N-ethyl adjacent to an activating group) is 1. The second-order valence-corrected chi connectivity index (χ2v) is 11.4. The van der Waals surface area contributed by atoms with E-state index in [1.807, 2.05) is 11.9 Å². The van der Waals surface area contributed by atoms with Crippen LogP contribution in [0.25, 0.3) is 0 Å². The van der Waals surface area contributed by atoms with Gasteiger partial charge in [0, 0.05) is 26.9 Å². The largest absolute Gasteiger partial charge is 0.394 e. The molecule has 2 fully saturated rings. The van der Waals surface area contributed by atoms with E-state index in [1.54, 1.807) is 0 Å². The minimum absolute atomic E-state index is 0.0850. The van der Waals surface area contributed by atoms with Gasteiger partial charge < -0.3 is 84.1 Å². The molecular formula is C29H55N3O16. The first-order valence-corrected chi connectivity index (χ1v) is 16.0. The molecule has 2 aliphatic rings. The van der Waals surface area contributed by atoms with Gasteiger partial charge in [-0.3, -0.25) is 9.59 Å². The predicted octanol–water partition coefficient (Wildman–Crippen LogP) is -5.09. The summed E-state index contributed by atoms with van der Waals surface area (Å²) in [6.45, 7) is 5.73. The smallest absolute Gasteiger partial charge is 0.217 e. The van der Waals surface area contributed by atoms with Crippen LogP contribution < -0.4 is 10.6 Å². The zero-order valence-corrected chi connectivity index (χ0v) is 27.9. The maximum Gasteiger partial charge on any atom is 0.217 e. The molecule has 48 heavy (non-hydrogen) atoms. The Bertz CT molecular complexity index is 825. The van der Waals surface area contributed by atoms with Crippen LogP contribution in [0.2, 0.25) is 0 Å². The Hall–Kier alpha value is -1.66. The number of nitrogens with one attached hydrogen (secondary N) is 2. The zero-order chi connectivity index (χ0) is 35.5. The van der Waals surface area contributed by atoms with E-state index in [0.717, 1.165) is 0 Å². The second-order valence-electron chi connectivity index (χ2n) is 11.4. The maximum absolute atomic E-state index is 11.5. The minimum atomic E-state index is -1.38. The molecule has 0 saturated carbocycles. The van der Waals surface area contributed by atoms with Crippen molar-refractivity contribution in [3.05, 3.63) is 0 Å². The zero-order valence-electron chi connectivity index (χ0n) is 27.9. The molecule has 0 aromatic heterocycles. The molecule has 2 saturated heterocycles. The van der Waals surface area contributed by atoms with Gasteiger partial charge in [-0.25, -0.2) is 0 Å². The number of carbonyl (C=O) groups excluding carboxylic acids is 2. The molecule has 0 radical (unpaired) electrons. The van der Waals surface area contributed by atoms with Crippen molar-refractivity contribution in [2.45, 2.75) is 75.1 Å². The first kappa shape index (κ1) is 42.5. The first-order valence-electron chi connectivity index (χ1n) is 16.0. The SMILES string of the molecule is CC(=O)N[C@H]1C(O)[C@@H](O)C(CO)O[C@H]1OCCOCCOCCN(C)CCOCCOCCO[C@@H]1OC(CO)[C@H](O)C(O)[C@@H]1NC(C)=O. The molecule has 0 bridgehead atoms. The van der Waals surface area contributed by atoms with Gasteiger partial charge in [-0.2, -0.15) is 0 Å². The van der Waals surface area contributed by atoms with Crippen molar-refractivity contribution in [2.24, 2.45) is 0 Å². The lowest BCUT2D eigenvalue weighted by atomic mass is 9.97. The van der Waals surface area contributed by atoms with Crippen molar-refractivity contribution in [3.8, 4) is 0 Å². The minimum Gasteiger partial charge on any atom is -0.394 e. The van der Waals surface area contributed by atoms with Crippen molar-refractivity contribution in [2.75, 3.05) is 99.4 Å². The topological polar surface area (TPSA) is 257 Å². The van der Waals surface area contributed by atoms with E-state index in [-0.39, 0.29) is 26.4 Å². The van der Waals surface area contributed by atoms with E-state index in [4.69, 9.17) is 37.9 Å². The Morgan fingerprint density at radius 2 is 0.917 bits per heavy atom. The average molecular weight is 702 g/mol. The third kappa shape index (κ3) is 15.1. The Labute approximate surface area is 280 Å². The number of nitrogens with zero attached hydrogens (tertiary/aromatic N) is 1. The number of rotatable bonds is 24. The molecule has 19 nitrogen and oxygen atoms in total. The van der Waals surface area contributed by atoms with Crippen molar-refractivity contribution in [1.29, 1.82) is 0 Å². The van der Waals surface area contributed by atoms with E-state index in [9.17, 15) is 40.2 Å². The fourth-order valence-corrected chi connectivity index (χ4v) is 4.87. The van der Waals surface area contributed by atoms with Crippen LogP contribution >= 0.6 is 0 Å². The van der Waals surface area contributed by atoms with Gasteiger partial charge in [0.15, 0.2) is 12.6 Å². The standard InChI is InChI=1S/C29H55N3O16/c1-18(35)30-22-26(39)24(37)20(16-33)47-28(22)45-14-12-43-10-8-41-6-4-32(3)5-7-42-9-11-44-13-15-46-29-23(31-19(2)36)27(40)25(38)21(17-34)48-29/h20-29,33-34,37-40H,4-17H2,1-3H3,(H,30,35)(H,31,36)/t20?,21?,22-,23-,24-,25-,26?,27?,28+,29+/m0/s1. The highest BCUT2D eigenvalue weighted by Crippen LogP contribution is 2.23. The summed E-state index contributed by atoms with van der Waals surface area (Å²) in [5.74, 6) is -0.863. The van der Waals surface area contributed by atoms with Crippen molar-refractivity contribution >= 4 is 11.8 Å². The van der Waals surface area contributed by atoms with Gasteiger partial charge in [0.05, 0.1) is 79.3 Å². The molecule has 0 aromatic rings. The fourth-order valence-electron chi connectivity index (χ4n) is 4.87. The number of amides is 2. The monoisotopic (exact) mass is 701 g/mol. The number of hydrogen-bond acceptors (Lipinski definition) is 17. The predicted molar refractivity (Wildman–Crippen MR) is 163 cm³/mol. The highest BCUT2D eigenvalue weighted by atomic mass is 16.7. The van der Waals surface area contributed by atoms with Crippen LogP contribution in [0, 0.1) is 0 Å². The normalized spacial score (nSPS) is 30.8. The summed E-state index contributed by atoms with van der Waals surface area (Å²) in [5.41, 5.74) is 0. The van der Waals surface area contributed by atoms with E-state index >= 15 is 0 Å². The molecule has 2 heterocycles. The lowest BCUT2D eigenvalue weighted by Crippen LogP contribution is -2.64. The quantitative estimate of drug-likeness (QED) is 0.0438. The van der Waals surface area contributed by atoms with Gasteiger partial charge in [-0.15, -0.1) is 0 Å². The molecule has 282 valence electrons. The van der Waals surface area contributed by atoms with Crippen LogP contribution in [0.5, 0.6) is 0 Å². The van der Waals surface area contributed by atoms with Crippen molar-refractivity contribution in [1.82, 2.24) is 15.5 Å². The summed E-state index contributed by atoms with van der Waals surface area (Å²) in [5, 5.41) is 64.3. The summed E-state index contributed by atoms with van der Waals surface area (Å²) in [7, 11) is 1.94.